The van der Waals surface area contributed by atoms with E-state index < -0.39 is 0 Å². The molecule has 106 valence electrons. The number of aryl methyl sites for hydroxylation is 1. The van der Waals surface area contributed by atoms with E-state index >= 15 is 0 Å². The first-order valence-corrected chi connectivity index (χ1v) is 7.09. The first-order valence-electron chi connectivity index (χ1n) is 7.09. The van der Waals surface area contributed by atoms with Gasteiger partial charge in [0.25, 0.3) is 5.91 Å². The first-order chi connectivity index (χ1) is 9.24. The molecule has 6 nitrogen and oxygen atoms in total. The number of nitrogens with one attached hydrogen (secondary N) is 2. The van der Waals surface area contributed by atoms with Gasteiger partial charge in [0.15, 0.2) is 0 Å². The zero-order valence-corrected chi connectivity index (χ0v) is 11.8. The van der Waals surface area contributed by atoms with Gasteiger partial charge in [0.1, 0.15) is 5.82 Å². The fraction of sp³-hybridized carbons (Fsp3) is 0.769. The molecule has 1 aromatic rings. The SMILES string of the molecule is CCc1nc(C(=O)N2CCC(CCNC)CC2)n[nH]1. The first kappa shape index (κ1) is 14.0. The number of likely N-dealkylation sites (tertiary alicyclic amines) is 1. The summed E-state index contributed by atoms with van der Waals surface area (Å²) in [6.07, 6.45) is 4.13. The van der Waals surface area contributed by atoms with Gasteiger partial charge in [-0.3, -0.25) is 9.89 Å². The summed E-state index contributed by atoms with van der Waals surface area (Å²) >= 11 is 0. The molecule has 0 radical (unpaired) electrons. The highest BCUT2D eigenvalue weighted by molar-refractivity contribution is 5.90. The van der Waals surface area contributed by atoms with E-state index in [1.54, 1.807) is 0 Å². The van der Waals surface area contributed by atoms with Gasteiger partial charge in [0.05, 0.1) is 0 Å². The van der Waals surface area contributed by atoms with Crippen molar-refractivity contribution in [2.45, 2.75) is 32.6 Å². The Morgan fingerprint density at radius 3 is 2.79 bits per heavy atom. The van der Waals surface area contributed by atoms with Gasteiger partial charge in [-0.1, -0.05) is 6.92 Å². The largest absolute Gasteiger partial charge is 0.336 e. The smallest absolute Gasteiger partial charge is 0.293 e. The maximum atomic E-state index is 12.2. The number of aromatic nitrogens is 3. The predicted octanol–water partition coefficient (Wildman–Crippen LogP) is 0.829. The second-order valence-corrected chi connectivity index (χ2v) is 5.09. The maximum Gasteiger partial charge on any atom is 0.293 e. The molecular weight excluding hydrogens is 242 g/mol. The summed E-state index contributed by atoms with van der Waals surface area (Å²) in [6, 6.07) is 0. The Labute approximate surface area is 114 Å². The summed E-state index contributed by atoms with van der Waals surface area (Å²) in [5, 5.41) is 9.97. The molecule has 1 amide bonds. The number of hydrogen-bond donors (Lipinski definition) is 2. The highest BCUT2D eigenvalue weighted by Gasteiger charge is 2.25. The molecule has 1 aliphatic rings. The lowest BCUT2D eigenvalue weighted by Crippen LogP contribution is -2.39. The summed E-state index contributed by atoms with van der Waals surface area (Å²) in [5.74, 6) is 1.77. The number of aromatic amines is 1. The topological polar surface area (TPSA) is 73.9 Å². The van der Waals surface area contributed by atoms with Gasteiger partial charge >= 0.3 is 0 Å². The van der Waals surface area contributed by atoms with E-state index in [4.69, 9.17) is 0 Å². The van der Waals surface area contributed by atoms with Crippen LogP contribution in [0.25, 0.3) is 0 Å². The lowest BCUT2D eigenvalue weighted by molar-refractivity contribution is 0.0675. The van der Waals surface area contributed by atoms with Gasteiger partial charge < -0.3 is 10.2 Å². The quantitative estimate of drug-likeness (QED) is 0.827. The molecular formula is C13H23N5O. The minimum atomic E-state index is -0.0389. The standard InChI is InChI=1S/C13H23N5O/c1-3-11-15-12(17-16-11)13(19)18-8-5-10(6-9-18)4-7-14-2/h10,14H,3-9H2,1-2H3,(H,15,16,17). The van der Waals surface area contributed by atoms with Crippen LogP contribution in [0.1, 0.15) is 42.6 Å². The molecule has 2 N–H and O–H groups in total. The zero-order valence-electron chi connectivity index (χ0n) is 11.8. The van der Waals surface area contributed by atoms with Crippen LogP contribution < -0.4 is 5.32 Å². The molecule has 1 fully saturated rings. The lowest BCUT2D eigenvalue weighted by Gasteiger charge is -2.31. The van der Waals surface area contributed by atoms with Crippen molar-refractivity contribution in [3.8, 4) is 0 Å². The van der Waals surface area contributed by atoms with E-state index in [2.05, 4.69) is 20.5 Å². The maximum absolute atomic E-state index is 12.2. The predicted molar refractivity (Wildman–Crippen MR) is 72.9 cm³/mol. The molecule has 0 saturated carbocycles. The second-order valence-electron chi connectivity index (χ2n) is 5.09. The highest BCUT2D eigenvalue weighted by atomic mass is 16.2. The number of amides is 1. The molecule has 1 aliphatic heterocycles. The minimum Gasteiger partial charge on any atom is -0.336 e. The highest BCUT2D eigenvalue weighted by Crippen LogP contribution is 2.20. The van der Waals surface area contributed by atoms with E-state index in [-0.39, 0.29) is 5.91 Å². The van der Waals surface area contributed by atoms with Gasteiger partial charge in [-0.2, -0.15) is 0 Å². The third-order valence-electron chi connectivity index (χ3n) is 3.76. The van der Waals surface area contributed by atoms with Gasteiger partial charge in [0.2, 0.25) is 5.82 Å². The molecule has 6 heteroatoms. The average Bonchev–Trinajstić information content (AvgIpc) is 2.94. The van der Waals surface area contributed by atoms with E-state index in [1.807, 2.05) is 18.9 Å². The van der Waals surface area contributed by atoms with Gasteiger partial charge in [-0.25, -0.2) is 4.98 Å². The Morgan fingerprint density at radius 2 is 2.21 bits per heavy atom. The Balaban J connectivity index is 1.85. The Kier molecular flexibility index (Phi) is 4.90. The van der Waals surface area contributed by atoms with E-state index in [1.165, 1.54) is 6.42 Å². The van der Waals surface area contributed by atoms with Crippen molar-refractivity contribution in [2.75, 3.05) is 26.7 Å². The van der Waals surface area contributed by atoms with Crippen LogP contribution in [0.3, 0.4) is 0 Å². The number of piperidine rings is 1. The number of hydrogen-bond acceptors (Lipinski definition) is 4. The molecule has 0 unspecified atom stereocenters. The molecule has 0 aliphatic carbocycles. The minimum absolute atomic E-state index is 0.0389. The van der Waals surface area contributed by atoms with Crippen molar-refractivity contribution >= 4 is 5.91 Å². The molecule has 2 rings (SSSR count). The molecule has 1 saturated heterocycles. The van der Waals surface area contributed by atoms with Crippen molar-refractivity contribution in [2.24, 2.45) is 5.92 Å². The molecule has 0 atom stereocenters. The van der Waals surface area contributed by atoms with Crippen molar-refractivity contribution in [1.29, 1.82) is 0 Å². The fourth-order valence-corrected chi connectivity index (χ4v) is 2.46. The van der Waals surface area contributed by atoms with Crippen LogP contribution in [0.15, 0.2) is 0 Å². The van der Waals surface area contributed by atoms with Crippen LogP contribution in [-0.2, 0) is 6.42 Å². The van der Waals surface area contributed by atoms with E-state index in [0.29, 0.717) is 5.82 Å². The number of rotatable bonds is 5. The number of nitrogens with zero attached hydrogens (tertiary/aromatic N) is 3. The van der Waals surface area contributed by atoms with Crippen LogP contribution in [0, 0.1) is 5.92 Å². The Bertz CT molecular complexity index is 409. The third-order valence-corrected chi connectivity index (χ3v) is 3.76. The van der Waals surface area contributed by atoms with Crippen molar-refractivity contribution in [1.82, 2.24) is 25.4 Å². The van der Waals surface area contributed by atoms with E-state index in [9.17, 15) is 4.79 Å². The van der Waals surface area contributed by atoms with Gasteiger partial charge in [-0.05, 0) is 38.8 Å². The summed E-state index contributed by atoms with van der Waals surface area (Å²) < 4.78 is 0. The molecule has 1 aromatic heterocycles. The summed E-state index contributed by atoms with van der Waals surface area (Å²) in [7, 11) is 1.98. The number of carbonyl (C=O) groups excluding carboxylic acids is 1. The van der Waals surface area contributed by atoms with Crippen LogP contribution in [-0.4, -0.2) is 52.7 Å². The summed E-state index contributed by atoms with van der Waals surface area (Å²) in [4.78, 5) is 18.3. The number of H-pyrrole nitrogens is 1. The molecule has 0 aromatic carbocycles. The zero-order chi connectivity index (χ0) is 13.7. The average molecular weight is 265 g/mol. The Morgan fingerprint density at radius 1 is 1.47 bits per heavy atom. The summed E-state index contributed by atoms with van der Waals surface area (Å²) in [5.41, 5.74) is 0. The van der Waals surface area contributed by atoms with E-state index in [0.717, 1.165) is 50.6 Å². The Hall–Kier alpha value is -1.43. The third kappa shape index (κ3) is 3.53. The van der Waals surface area contributed by atoms with Crippen molar-refractivity contribution in [3.05, 3.63) is 11.6 Å². The second kappa shape index (κ2) is 6.65. The van der Waals surface area contributed by atoms with Gasteiger partial charge in [0, 0.05) is 19.5 Å². The van der Waals surface area contributed by atoms with Crippen molar-refractivity contribution in [3.63, 3.8) is 0 Å². The fourth-order valence-electron chi connectivity index (χ4n) is 2.46. The number of carbonyl (C=O) groups is 1. The monoisotopic (exact) mass is 265 g/mol. The van der Waals surface area contributed by atoms with Crippen LogP contribution in [0.5, 0.6) is 0 Å². The molecule has 0 spiro atoms. The van der Waals surface area contributed by atoms with Crippen LogP contribution >= 0.6 is 0 Å². The van der Waals surface area contributed by atoms with Gasteiger partial charge in [-0.15, -0.1) is 5.10 Å². The van der Waals surface area contributed by atoms with Crippen LogP contribution in [0.2, 0.25) is 0 Å². The normalized spacial score (nSPS) is 16.8. The molecule has 2 heterocycles. The lowest BCUT2D eigenvalue weighted by atomic mass is 9.93. The molecule has 19 heavy (non-hydrogen) atoms. The summed E-state index contributed by atoms with van der Waals surface area (Å²) in [6.45, 7) is 4.69. The molecule has 0 bridgehead atoms. The van der Waals surface area contributed by atoms with Crippen molar-refractivity contribution < 1.29 is 4.79 Å². The van der Waals surface area contributed by atoms with Crippen LogP contribution in [0.4, 0.5) is 0 Å².